The lowest BCUT2D eigenvalue weighted by Gasteiger charge is -2.45. The molecule has 2 aliphatic heterocycles. The molecule has 1 aromatic rings. The average molecular weight is 522 g/mol. The van der Waals surface area contributed by atoms with Gasteiger partial charge >= 0.3 is 11.9 Å². The van der Waals surface area contributed by atoms with Crippen molar-refractivity contribution in [1.29, 1.82) is 0 Å². The summed E-state index contributed by atoms with van der Waals surface area (Å²) < 4.78 is 16.2. The normalized spacial score (nSPS) is 17.0. The van der Waals surface area contributed by atoms with Gasteiger partial charge < -0.3 is 19.1 Å². The van der Waals surface area contributed by atoms with Gasteiger partial charge in [0.25, 0.3) is 0 Å². The standard InChI is InChI=1S/C24H27NO6S3/c1-7-9-16(26)25-15-11-10-13(31-8-2)12-14(15)17(20(32)24(25,3)4)23-33-18(21(27)29-5)19(34-23)22(28)30-6/h10-12H,7-9H2,1-6H3. The highest BCUT2D eigenvalue weighted by molar-refractivity contribution is 8.29. The first-order valence-corrected chi connectivity index (χ1v) is 12.8. The number of esters is 2. The number of fused-ring (bicyclic) bond motifs is 1. The van der Waals surface area contributed by atoms with Gasteiger partial charge in [-0.05, 0) is 45.4 Å². The third-order valence-corrected chi connectivity index (χ3v) is 8.65. The lowest BCUT2D eigenvalue weighted by molar-refractivity contribution is -0.138. The van der Waals surface area contributed by atoms with E-state index >= 15 is 0 Å². The maximum Gasteiger partial charge on any atom is 0.346 e. The first-order valence-electron chi connectivity index (χ1n) is 10.8. The molecule has 2 heterocycles. The number of carbonyl (C=O) groups excluding carboxylic acids is 3. The SMILES string of the molecule is CCCC(=O)N1c2ccc(OCC)cc2C(=C2SC(C(=O)OC)=C(C(=O)OC)S2)C(=S)C1(C)C. The Labute approximate surface area is 213 Å². The van der Waals surface area contributed by atoms with Crippen LogP contribution in [-0.2, 0) is 23.9 Å². The number of nitrogens with zero attached hydrogens (tertiary/aromatic N) is 1. The van der Waals surface area contributed by atoms with Crippen molar-refractivity contribution in [2.75, 3.05) is 25.7 Å². The molecule has 0 aromatic heterocycles. The maximum absolute atomic E-state index is 13.2. The Bertz CT molecular complexity index is 1090. The summed E-state index contributed by atoms with van der Waals surface area (Å²) in [5.74, 6) is -0.651. The summed E-state index contributed by atoms with van der Waals surface area (Å²) in [5.41, 5.74) is 1.29. The molecule has 3 rings (SSSR count). The number of hydrogen-bond acceptors (Lipinski definition) is 9. The lowest BCUT2D eigenvalue weighted by Crippen LogP contribution is -2.55. The summed E-state index contributed by atoms with van der Waals surface area (Å²) in [4.78, 5) is 40.6. The van der Waals surface area contributed by atoms with Crippen LogP contribution in [-0.4, -0.2) is 49.1 Å². The number of carbonyl (C=O) groups is 3. The molecule has 0 atom stereocenters. The number of thioether (sulfide) groups is 2. The van der Waals surface area contributed by atoms with E-state index in [9.17, 15) is 14.4 Å². The molecule has 0 saturated carbocycles. The maximum atomic E-state index is 13.2. The number of hydrogen-bond donors (Lipinski definition) is 0. The van der Waals surface area contributed by atoms with Gasteiger partial charge in [-0.25, -0.2) is 9.59 Å². The number of methoxy groups -OCH3 is 2. The first kappa shape index (κ1) is 26.3. The summed E-state index contributed by atoms with van der Waals surface area (Å²) in [6.45, 7) is 8.14. The summed E-state index contributed by atoms with van der Waals surface area (Å²) in [6.07, 6.45) is 1.09. The number of amides is 1. The fraction of sp³-hybridized carbons (Fsp3) is 0.417. The average Bonchev–Trinajstić information content (AvgIpc) is 3.24. The molecule has 182 valence electrons. The molecule has 2 aliphatic rings. The Morgan fingerprint density at radius 2 is 1.62 bits per heavy atom. The van der Waals surface area contributed by atoms with Gasteiger partial charge in [-0.15, -0.1) is 0 Å². The molecular formula is C24H27NO6S3. The monoisotopic (exact) mass is 521 g/mol. The van der Waals surface area contributed by atoms with E-state index in [1.807, 2.05) is 45.9 Å². The number of rotatable bonds is 6. The van der Waals surface area contributed by atoms with Gasteiger partial charge in [-0.1, -0.05) is 42.7 Å². The zero-order valence-electron chi connectivity index (χ0n) is 20.0. The molecule has 34 heavy (non-hydrogen) atoms. The van der Waals surface area contributed by atoms with Crippen LogP contribution in [0.25, 0.3) is 5.57 Å². The van der Waals surface area contributed by atoms with Crippen molar-refractivity contribution >= 4 is 69.7 Å². The van der Waals surface area contributed by atoms with E-state index in [0.717, 1.165) is 23.5 Å². The molecule has 0 spiro atoms. The minimum absolute atomic E-state index is 0.0281. The predicted octanol–water partition coefficient (Wildman–Crippen LogP) is 5.09. The summed E-state index contributed by atoms with van der Waals surface area (Å²) in [5, 5.41) is 0. The number of anilines is 1. The van der Waals surface area contributed by atoms with Crippen molar-refractivity contribution in [1.82, 2.24) is 0 Å². The van der Waals surface area contributed by atoms with E-state index in [-0.39, 0.29) is 15.7 Å². The zero-order valence-corrected chi connectivity index (χ0v) is 22.4. The quantitative estimate of drug-likeness (QED) is 0.289. The van der Waals surface area contributed by atoms with Crippen LogP contribution in [0.3, 0.4) is 0 Å². The highest BCUT2D eigenvalue weighted by Crippen LogP contribution is 2.56. The number of benzene rings is 1. The van der Waals surface area contributed by atoms with Crippen molar-refractivity contribution in [3.05, 3.63) is 37.8 Å². The van der Waals surface area contributed by atoms with Gasteiger partial charge in [0.05, 0.1) is 41.2 Å². The van der Waals surface area contributed by atoms with Gasteiger partial charge in [0, 0.05) is 17.6 Å². The van der Waals surface area contributed by atoms with Crippen LogP contribution in [0.5, 0.6) is 5.75 Å². The minimum Gasteiger partial charge on any atom is -0.494 e. The molecule has 10 heteroatoms. The topological polar surface area (TPSA) is 82.1 Å². The van der Waals surface area contributed by atoms with E-state index in [0.29, 0.717) is 51.1 Å². The zero-order chi connectivity index (χ0) is 25.2. The van der Waals surface area contributed by atoms with Crippen molar-refractivity contribution in [2.45, 2.75) is 46.1 Å². The third-order valence-electron chi connectivity index (χ3n) is 5.39. The molecule has 7 nitrogen and oxygen atoms in total. The first-order chi connectivity index (χ1) is 16.1. The lowest BCUT2D eigenvalue weighted by atomic mass is 9.83. The molecule has 0 fully saturated rings. The Balaban J connectivity index is 2.26. The van der Waals surface area contributed by atoms with Crippen LogP contribution in [0, 0.1) is 0 Å². The summed E-state index contributed by atoms with van der Waals surface area (Å²) in [6, 6.07) is 5.54. The Hall–Kier alpha value is -2.30. The van der Waals surface area contributed by atoms with Crippen molar-refractivity contribution in [3.8, 4) is 5.75 Å². The third kappa shape index (κ3) is 4.63. The van der Waals surface area contributed by atoms with E-state index in [1.165, 1.54) is 14.2 Å². The summed E-state index contributed by atoms with van der Waals surface area (Å²) in [7, 11) is 2.52. The van der Waals surface area contributed by atoms with Crippen molar-refractivity contribution in [3.63, 3.8) is 0 Å². The molecule has 0 radical (unpaired) electrons. The van der Waals surface area contributed by atoms with Gasteiger partial charge in [0.15, 0.2) is 0 Å². The second-order valence-corrected chi connectivity index (χ2v) is 10.7. The van der Waals surface area contributed by atoms with Gasteiger partial charge in [-0.3, -0.25) is 4.79 Å². The van der Waals surface area contributed by atoms with E-state index < -0.39 is 17.5 Å². The molecular weight excluding hydrogens is 494 g/mol. The molecule has 0 aliphatic carbocycles. The Morgan fingerprint density at radius 3 is 2.12 bits per heavy atom. The molecule has 0 saturated heterocycles. The fourth-order valence-corrected chi connectivity index (χ4v) is 6.86. The molecule has 1 amide bonds. The van der Waals surface area contributed by atoms with Gasteiger partial charge in [0.2, 0.25) is 5.91 Å². The fourth-order valence-electron chi connectivity index (χ4n) is 3.83. The minimum atomic E-state index is -0.815. The van der Waals surface area contributed by atoms with Crippen LogP contribution in [0.2, 0.25) is 0 Å². The van der Waals surface area contributed by atoms with E-state index in [4.69, 9.17) is 26.4 Å². The highest BCUT2D eigenvalue weighted by Gasteiger charge is 2.46. The van der Waals surface area contributed by atoms with E-state index in [1.54, 1.807) is 4.90 Å². The second-order valence-electron chi connectivity index (χ2n) is 7.99. The van der Waals surface area contributed by atoms with Crippen LogP contribution in [0.4, 0.5) is 5.69 Å². The Morgan fingerprint density at radius 1 is 1.03 bits per heavy atom. The largest absolute Gasteiger partial charge is 0.494 e. The molecule has 1 aromatic carbocycles. The highest BCUT2D eigenvalue weighted by atomic mass is 32.2. The van der Waals surface area contributed by atoms with Crippen LogP contribution in [0.1, 0.15) is 46.1 Å². The van der Waals surface area contributed by atoms with Crippen LogP contribution >= 0.6 is 35.7 Å². The molecule has 0 N–H and O–H groups in total. The van der Waals surface area contributed by atoms with Crippen molar-refractivity contribution in [2.24, 2.45) is 0 Å². The van der Waals surface area contributed by atoms with Gasteiger partial charge in [0.1, 0.15) is 15.6 Å². The molecule has 0 unspecified atom stereocenters. The van der Waals surface area contributed by atoms with Crippen LogP contribution in [0.15, 0.2) is 32.2 Å². The van der Waals surface area contributed by atoms with E-state index in [2.05, 4.69) is 0 Å². The molecule has 0 bridgehead atoms. The summed E-state index contributed by atoms with van der Waals surface area (Å²) >= 11 is 8.21. The van der Waals surface area contributed by atoms with Crippen molar-refractivity contribution < 1.29 is 28.6 Å². The van der Waals surface area contributed by atoms with Gasteiger partial charge in [-0.2, -0.15) is 0 Å². The predicted molar refractivity (Wildman–Crippen MR) is 140 cm³/mol. The second kappa shape index (κ2) is 10.5. The number of thiocarbonyl (C=S) groups is 1. The Kier molecular flexibility index (Phi) is 8.15. The smallest absolute Gasteiger partial charge is 0.346 e. The number of ether oxygens (including phenoxy) is 3. The van der Waals surface area contributed by atoms with Crippen LogP contribution < -0.4 is 9.64 Å².